The summed E-state index contributed by atoms with van der Waals surface area (Å²) in [5.41, 5.74) is -1.50. The first kappa shape index (κ1) is 4.99. The molecule has 0 aliphatic carbocycles. The number of aliphatic hydroxyl groups excluding tert-OH is 1. The molecule has 0 saturated carbocycles. The first-order valence-electron chi connectivity index (χ1n) is 1.93. The molecule has 0 spiro atoms. The highest BCUT2D eigenvalue weighted by molar-refractivity contribution is 4.98. The van der Waals surface area contributed by atoms with Crippen LogP contribution in [-0.4, -0.2) is 27.2 Å². The average Bonchev–Trinajstić information content (AvgIpc) is 1.91. The van der Waals surface area contributed by atoms with Gasteiger partial charge >= 0.3 is 0 Å². The van der Waals surface area contributed by atoms with Gasteiger partial charge in [-0.15, -0.1) is 0 Å². The number of rotatable bonds is 0. The fraction of sp³-hybridized carbons (Fsp3) is 1.00. The number of hydrogen-bond donors (Lipinski definition) is 2. The van der Waals surface area contributed by atoms with Crippen LogP contribution in [0.2, 0.25) is 0 Å². The molecular weight excluding hydrogens is 98.0 g/mol. The van der Waals surface area contributed by atoms with E-state index < -0.39 is 12.0 Å². The van der Waals surface area contributed by atoms with Gasteiger partial charge < -0.3 is 20.5 Å². The van der Waals surface area contributed by atoms with Gasteiger partial charge in [0, 0.05) is 0 Å². The molecule has 1 saturated heterocycles. The number of hydrogen-bond acceptors (Lipinski definition) is 4. The molecule has 0 aromatic rings. The number of nitrogens with zero attached hydrogens (tertiary/aromatic N) is 1. The Morgan fingerprint density at radius 2 is 2.00 bits per heavy atom. The van der Waals surface area contributed by atoms with Gasteiger partial charge in [0.05, 0.1) is 0 Å². The molecule has 0 aromatic carbocycles. The van der Waals surface area contributed by atoms with Crippen LogP contribution in [0.1, 0.15) is 6.92 Å². The summed E-state index contributed by atoms with van der Waals surface area (Å²) in [4.78, 5) is 0. The van der Waals surface area contributed by atoms with E-state index in [0.717, 1.165) is 0 Å². The molecule has 1 aliphatic rings. The van der Waals surface area contributed by atoms with Gasteiger partial charge in [-0.1, -0.05) is 0 Å². The lowest BCUT2D eigenvalue weighted by Gasteiger charge is -2.04. The molecule has 3 unspecified atom stereocenters. The molecule has 0 amide bonds. The van der Waals surface area contributed by atoms with Crippen LogP contribution < -0.4 is 0 Å². The zero-order chi connectivity index (χ0) is 5.65. The SMILES string of the molecule is CC1(O)C(O)N1[O-]. The molecule has 2 N–H and O–H groups in total. The maximum atomic E-state index is 9.96. The summed E-state index contributed by atoms with van der Waals surface area (Å²) < 4.78 is 0. The highest BCUT2D eigenvalue weighted by Crippen LogP contribution is 2.33. The molecular formula is C3H6NO3-. The fourth-order valence-electron chi connectivity index (χ4n) is 0.334. The van der Waals surface area contributed by atoms with Gasteiger partial charge in [-0.2, -0.15) is 0 Å². The lowest BCUT2D eigenvalue weighted by molar-refractivity contribution is 0.0931. The van der Waals surface area contributed by atoms with Crippen LogP contribution in [0.3, 0.4) is 0 Å². The number of aliphatic hydroxyl groups is 2. The molecule has 7 heavy (non-hydrogen) atoms. The van der Waals surface area contributed by atoms with E-state index in [1.54, 1.807) is 0 Å². The Hall–Kier alpha value is -0.160. The Bertz CT molecular complexity index is 82.2. The van der Waals surface area contributed by atoms with Crippen LogP contribution in [0.15, 0.2) is 0 Å². The van der Waals surface area contributed by atoms with Gasteiger partial charge in [0.15, 0.2) is 0 Å². The van der Waals surface area contributed by atoms with Gasteiger partial charge in [0.25, 0.3) is 0 Å². The molecule has 0 bridgehead atoms. The lowest BCUT2D eigenvalue weighted by Crippen LogP contribution is -2.08. The summed E-state index contributed by atoms with van der Waals surface area (Å²) in [6, 6.07) is 0. The second-order valence-electron chi connectivity index (χ2n) is 1.79. The van der Waals surface area contributed by atoms with Crippen molar-refractivity contribution in [2.45, 2.75) is 18.9 Å². The van der Waals surface area contributed by atoms with Crippen LogP contribution in [-0.2, 0) is 0 Å². The summed E-state index contributed by atoms with van der Waals surface area (Å²) >= 11 is 0. The molecule has 1 aliphatic heterocycles. The van der Waals surface area contributed by atoms with E-state index in [9.17, 15) is 5.21 Å². The summed E-state index contributed by atoms with van der Waals surface area (Å²) in [6.45, 7) is 1.25. The van der Waals surface area contributed by atoms with Crippen LogP contribution in [0.25, 0.3) is 0 Å². The summed E-state index contributed by atoms with van der Waals surface area (Å²) in [5.74, 6) is 0. The fourth-order valence-corrected chi connectivity index (χ4v) is 0.334. The molecule has 4 nitrogen and oxygen atoms in total. The van der Waals surface area contributed by atoms with E-state index in [2.05, 4.69) is 0 Å². The Morgan fingerprint density at radius 1 is 1.86 bits per heavy atom. The first-order chi connectivity index (χ1) is 3.07. The van der Waals surface area contributed by atoms with E-state index >= 15 is 0 Å². The predicted octanol–water partition coefficient (Wildman–Crippen LogP) is -1.17. The molecule has 3 atom stereocenters. The lowest BCUT2D eigenvalue weighted by atomic mass is 10.4. The zero-order valence-corrected chi connectivity index (χ0v) is 3.83. The van der Waals surface area contributed by atoms with Crippen molar-refractivity contribution in [3.63, 3.8) is 0 Å². The van der Waals surface area contributed by atoms with Crippen molar-refractivity contribution in [2.75, 3.05) is 0 Å². The van der Waals surface area contributed by atoms with Gasteiger partial charge in [-0.25, -0.2) is 0 Å². The van der Waals surface area contributed by atoms with Crippen LogP contribution in [0, 0.1) is 5.21 Å². The normalized spacial score (nSPS) is 60.0. The van der Waals surface area contributed by atoms with E-state index in [1.165, 1.54) is 6.92 Å². The van der Waals surface area contributed by atoms with Crippen molar-refractivity contribution in [2.24, 2.45) is 0 Å². The van der Waals surface area contributed by atoms with Gasteiger partial charge in [-0.05, 0) is 6.92 Å². The van der Waals surface area contributed by atoms with Crippen molar-refractivity contribution in [3.8, 4) is 0 Å². The van der Waals surface area contributed by atoms with Crippen molar-refractivity contribution in [1.29, 1.82) is 0 Å². The summed E-state index contributed by atoms with van der Waals surface area (Å²) in [6.07, 6.45) is -1.20. The Labute approximate surface area is 40.6 Å². The van der Waals surface area contributed by atoms with E-state index in [-0.39, 0.29) is 5.06 Å². The van der Waals surface area contributed by atoms with Crippen molar-refractivity contribution in [1.82, 2.24) is 5.06 Å². The van der Waals surface area contributed by atoms with Crippen molar-refractivity contribution in [3.05, 3.63) is 5.21 Å². The van der Waals surface area contributed by atoms with Crippen LogP contribution >= 0.6 is 0 Å². The highest BCUT2D eigenvalue weighted by Gasteiger charge is 2.50. The van der Waals surface area contributed by atoms with E-state index in [0.29, 0.717) is 0 Å². The second kappa shape index (κ2) is 0.976. The maximum absolute atomic E-state index is 9.96. The van der Waals surface area contributed by atoms with E-state index in [4.69, 9.17) is 10.2 Å². The minimum Gasteiger partial charge on any atom is -0.781 e. The van der Waals surface area contributed by atoms with Crippen LogP contribution in [0.5, 0.6) is 0 Å². The third kappa shape index (κ3) is 0.450. The molecule has 0 radical (unpaired) electrons. The predicted molar refractivity (Wildman–Crippen MR) is 21.8 cm³/mol. The second-order valence-corrected chi connectivity index (χ2v) is 1.79. The Balaban J connectivity index is 2.52. The zero-order valence-electron chi connectivity index (χ0n) is 3.83. The molecule has 42 valence electrons. The Morgan fingerprint density at radius 3 is 2.00 bits per heavy atom. The molecule has 4 heteroatoms. The topological polar surface area (TPSA) is 66.5 Å². The molecule has 1 heterocycles. The minimum atomic E-state index is -1.50. The molecule has 1 fully saturated rings. The Kier molecular flexibility index (Phi) is 0.695. The maximum Gasteiger partial charge on any atom is 0.145 e. The third-order valence-corrected chi connectivity index (χ3v) is 1.09. The van der Waals surface area contributed by atoms with Crippen molar-refractivity contribution < 1.29 is 10.2 Å². The third-order valence-electron chi connectivity index (χ3n) is 1.09. The van der Waals surface area contributed by atoms with Gasteiger partial charge in [-0.3, -0.25) is 0 Å². The monoisotopic (exact) mass is 104 g/mol. The van der Waals surface area contributed by atoms with Gasteiger partial charge in [0.1, 0.15) is 12.0 Å². The van der Waals surface area contributed by atoms with Crippen LogP contribution in [0.4, 0.5) is 0 Å². The smallest absolute Gasteiger partial charge is 0.145 e. The summed E-state index contributed by atoms with van der Waals surface area (Å²) in [5, 5.41) is 27.0. The molecule has 1 rings (SSSR count). The quantitative estimate of drug-likeness (QED) is 0.380. The standard InChI is InChI=1S/C3H6NO3/c1-3(6)2(5)4(3)7/h2,5-6H,1H3/q-1. The average molecular weight is 104 g/mol. The first-order valence-corrected chi connectivity index (χ1v) is 1.93. The molecule has 0 aromatic heterocycles. The van der Waals surface area contributed by atoms with Gasteiger partial charge in [0.2, 0.25) is 0 Å². The largest absolute Gasteiger partial charge is 0.781 e. The minimum absolute atomic E-state index is 0.215. The summed E-state index contributed by atoms with van der Waals surface area (Å²) in [7, 11) is 0. The number of hydroxylamine groups is 2. The van der Waals surface area contributed by atoms with E-state index in [1.807, 2.05) is 0 Å². The van der Waals surface area contributed by atoms with Crippen molar-refractivity contribution >= 4 is 0 Å². The highest BCUT2D eigenvalue weighted by atomic mass is 16.6.